The summed E-state index contributed by atoms with van der Waals surface area (Å²) in [6, 6.07) is 0. The van der Waals surface area contributed by atoms with Crippen LogP contribution in [0, 0.1) is 0 Å². The zero-order valence-electron chi connectivity index (χ0n) is 12.5. The van der Waals surface area contributed by atoms with E-state index in [2.05, 4.69) is 37.1 Å². The average Bonchev–Trinajstić information content (AvgIpc) is 2.37. The molecule has 0 aromatic rings. The predicted molar refractivity (Wildman–Crippen MR) is 88.2 cm³/mol. The summed E-state index contributed by atoms with van der Waals surface area (Å²) in [6.07, 6.45) is 8.98. The van der Waals surface area contributed by atoms with E-state index in [1.165, 1.54) is 6.08 Å². The monoisotopic (exact) mass is 316 g/mol. The Morgan fingerprint density at radius 3 is 1.29 bits per heavy atom. The highest BCUT2D eigenvalue weighted by Gasteiger charge is 2.20. The van der Waals surface area contributed by atoms with Crippen molar-refractivity contribution < 1.29 is 21.6 Å². The Kier molecular flexibility index (Phi) is 12.8. The first-order valence-electron chi connectivity index (χ1n) is 6.32. The molecule has 0 aliphatic carbocycles. The van der Waals surface area contributed by atoms with Crippen molar-refractivity contribution in [2.45, 2.75) is 0 Å². The van der Waals surface area contributed by atoms with E-state index < -0.39 is 10.4 Å². The molecule has 0 atom stereocenters. The maximum absolute atomic E-state index is 9.68. The third-order valence-corrected chi connectivity index (χ3v) is 2.83. The molecule has 0 saturated carbocycles. The smallest absolute Gasteiger partial charge is 0.311 e. The van der Waals surface area contributed by atoms with Crippen LogP contribution in [0.2, 0.25) is 0 Å². The van der Waals surface area contributed by atoms with Gasteiger partial charge in [0.2, 0.25) is 0 Å². The van der Waals surface area contributed by atoms with Crippen molar-refractivity contribution >= 4 is 10.4 Å². The van der Waals surface area contributed by atoms with E-state index in [-0.39, 0.29) is 6.61 Å². The number of quaternary nitrogens is 1. The number of nitrogens with zero attached hydrogens (tertiary/aromatic N) is 1. The molecule has 0 saturated heterocycles. The highest BCUT2D eigenvalue weighted by atomic mass is 32.3. The second-order valence-electron chi connectivity index (χ2n) is 4.23. The second-order valence-corrected chi connectivity index (χ2v) is 5.32. The fourth-order valence-corrected chi connectivity index (χ4v) is 1.94. The van der Waals surface area contributed by atoms with Crippen LogP contribution in [0.1, 0.15) is 0 Å². The quantitative estimate of drug-likeness (QED) is 0.361. The maximum atomic E-state index is 9.68. The molecule has 0 spiro atoms. The van der Waals surface area contributed by atoms with Crippen LogP contribution in [0.4, 0.5) is 0 Å². The summed E-state index contributed by atoms with van der Waals surface area (Å²) in [5.41, 5.74) is 0. The Morgan fingerprint density at radius 1 is 0.810 bits per heavy atom. The molecule has 120 valence electrons. The largest absolute Gasteiger partial charge is 0.397 e. The minimum absolute atomic E-state index is 0.196. The average molecular weight is 316 g/mol. The van der Waals surface area contributed by atoms with E-state index in [4.69, 9.17) is 4.55 Å². The van der Waals surface area contributed by atoms with Crippen LogP contribution in [0.25, 0.3) is 0 Å². The third-order valence-electron chi connectivity index (χ3n) is 2.40. The first-order chi connectivity index (χ1) is 9.80. The van der Waals surface area contributed by atoms with E-state index in [9.17, 15) is 8.42 Å². The van der Waals surface area contributed by atoms with Crippen LogP contribution < -0.4 is 0 Å². The van der Waals surface area contributed by atoms with Crippen molar-refractivity contribution in [3.05, 3.63) is 63.3 Å². The Hall–Kier alpha value is -1.47. The zero-order valence-corrected chi connectivity index (χ0v) is 13.3. The molecule has 5 nitrogen and oxygen atoms in total. The fraction of sp³-hybridized carbons (Fsp3) is 0.333. The van der Waals surface area contributed by atoms with Crippen LogP contribution in [0.15, 0.2) is 63.3 Å². The van der Waals surface area contributed by atoms with E-state index in [0.717, 1.165) is 30.7 Å². The van der Waals surface area contributed by atoms with Gasteiger partial charge in [0.05, 0.1) is 32.8 Å². The lowest BCUT2D eigenvalue weighted by molar-refractivity contribution is -0.906. The lowest BCUT2D eigenvalue weighted by atomic mass is 10.3. The molecule has 0 aliphatic rings. The van der Waals surface area contributed by atoms with E-state index in [0.29, 0.717) is 0 Å². The molecular weight excluding hydrogens is 290 g/mol. The maximum Gasteiger partial charge on any atom is 0.397 e. The number of hydrogen-bond acceptors (Lipinski definition) is 3. The third kappa shape index (κ3) is 13.3. The van der Waals surface area contributed by atoms with Crippen molar-refractivity contribution in [2.75, 3.05) is 32.8 Å². The molecule has 1 N–H and O–H groups in total. The van der Waals surface area contributed by atoms with Crippen molar-refractivity contribution in [1.29, 1.82) is 0 Å². The number of hydrogen-bond donors (Lipinski definition) is 1. The van der Waals surface area contributed by atoms with Crippen molar-refractivity contribution in [1.82, 2.24) is 0 Å². The Bertz CT molecular complexity index is 395. The molecule has 0 unspecified atom stereocenters. The van der Waals surface area contributed by atoms with Crippen LogP contribution in [0.5, 0.6) is 0 Å². The van der Waals surface area contributed by atoms with Gasteiger partial charge in [0, 0.05) is 0 Å². The van der Waals surface area contributed by atoms with Crippen LogP contribution in [0.3, 0.4) is 0 Å². The van der Waals surface area contributed by atoms with Gasteiger partial charge in [-0.3, -0.25) is 4.55 Å². The predicted octanol–water partition coefficient (Wildman–Crippen LogP) is 2.54. The summed E-state index contributed by atoms with van der Waals surface area (Å²) in [6.45, 7) is 21.8. The highest BCUT2D eigenvalue weighted by Crippen LogP contribution is 2.07. The van der Waals surface area contributed by atoms with E-state index in [1.54, 1.807) is 0 Å². The molecule has 0 rings (SSSR count). The van der Waals surface area contributed by atoms with Gasteiger partial charge in [0.1, 0.15) is 0 Å². The molecule has 0 radical (unpaired) electrons. The van der Waals surface area contributed by atoms with Gasteiger partial charge in [-0.15, -0.1) is 6.58 Å². The van der Waals surface area contributed by atoms with E-state index >= 15 is 0 Å². The van der Waals surface area contributed by atoms with Gasteiger partial charge in [-0.1, -0.05) is 32.4 Å². The SMILES string of the molecule is C=CCOS(=O)(=O)O.C=CC[N+](CC=C)(CC=C)CC=C. The van der Waals surface area contributed by atoms with Gasteiger partial charge in [-0.25, -0.2) is 4.18 Å². The normalized spacial score (nSPS) is 10.7. The topological polar surface area (TPSA) is 63.6 Å². The van der Waals surface area contributed by atoms with Crippen molar-refractivity contribution in [3.8, 4) is 0 Å². The summed E-state index contributed by atoms with van der Waals surface area (Å²) in [4.78, 5) is 0. The minimum atomic E-state index is -4.26. The van der Waals surface area contributed by atoms with Gasteiger partial charge in [0.15, 0.2) is 0 Å². The Balaban J connectivity index is 0. The Morgan fingerprint density at radius 2 is 1.14 bits per heavy atom. The molecule has 0 fully saturated rings. The Labute approximate surface area is 128 Å². The summed E-state index contributed by atoms with van der Waals surface area (Å²) in [7, 11) is -4.26. The van der Waals surface area contributed by atoms with Gasteiger partial charge < -0.3 is 4.48 Å². The molecular formula is C15H26NO4S+. The minimum Gasteiger partial charge on any atom is -0.311 e. The lowest BCUT2D eigenvalue weighted by Gasteiger charge is -2.35. The first-order valence-corrected chi connectivity index (χ1v) is 7.68. The second kappa shape index (κ2) is 12.3. The summed E-state index contributed by atoms with van der Waals surface area (Å²) >= 11 is 0. The van der Waals surface area contributed by atoms with Crippen LogP contribution in [-0.2, 0) is 14.6 Å². The van der Waals surface area contributed by atoms with Gasteiger partial charge in [0.25, 0.3) is 0 Å². The molecule has 0 aliphatic heterocycles. The highest BCUT2D eigenvalue weighted by molar-refractivity contribution is 7.80. The van der Waals surface area contributed by atoms with Crippen molar-refractivity contribution in [2.24, 2.45) is 0 Å². The van der Waals surface area contributed by atoms with Gasteiger partial charge in [-0.05, 0) is 24.3 Å². The standard InChI is InChI=1S/C12H20N.C3H6O4S/c1-5-9-13(10-6-2,11-7-3)12-8-4;1-2-3-7-8(4,5)6/h5-8H,1-4,9-12H2;2H,1,3H2,(H,4,5,6)/q+1;. The lowest BCUT2D eigenvalue weighted by Crippen LogP contribution is -2.48. The van der Waals surface area contributed by atoms with E-state index in [1.807, 2.05) is 24.3 Å². The molecule has 0 aromatic carbocycles. The van der Waals surface area contributed by atoms with Crippen LogP contribution >= 0.6 is 0 Å². The van der Waals surface area contributed by atoms with Gasteiger partial charge >= 0.3 is 10.4 Å². The molecule has 0 amide bonds. The molecule has 21 heavy (non-hydrogen) atoms. The summed E-state index contributed by atoms with van der Waals surface area (Å²) in [5.74, 6) is 0. The summed E-state index contributed by atoms with van der Waals surface area (Å²) in [5, 5.41) is 0. The summed E-state index contributed by atoms with van der Waals surface area (Å²) < 4.78 is 31.9. The van der Waals surface area contributed by atoms with Crippen LogP contribution in [-0.4, -0.2) is 50.2 Å². The number of rotatable bonds is 11. The molecule has 0 heterocycles. The fourth-order valence-electron chi connectivity index (χ4n) is 1.68. The molecule has 0 bridgehead atoms. The first kappa shape index (κ1) is 21.8. The molecule has 0 aromatic heterocycles. The zero-order chi connectivity index (χ0) is 16.8. The molecule has 6 heteroatoms. The van der Waals surface area contributed by atoms with Gasteiger partial charge in [-0.2, -0.15) is 8.42 Å². The van der Waals surface area contributed by atoms with Crippen molar-refractivity contribution in [3.63, 3.8) is 0 Å².